The molecular weight excluding hydrogens is 743 g/mol. The highest BCUT2D eigenvalue weighted by Gasteiger charge is 2.21. The first kappa shape index (κ1) is 32.5. The van der Waals surface area contributed by atoms with Crippen LogP contribution in [0.2, 0.25) is 0 Å². The van der Waals surface area contributed by atoms with Crippen molar-refractivity contribution in [1.82, 2.24) is 0 Å². The summed E-state index contributed by atoms with van der Waals surface area (Å²) in [7, 11) is 0. The first-order valence-electron chi connectivity index (χ1n) is 19.8. The third-order valence-corrected chi connectivity index (χ3v) is 13.0. The molecule has 4 aromatic heterocycles. The molecule has 0 N–H and O–H groups in total. The fourth-order valence-electron chi connectivity index (χ4n) is 9.16. The highest BCUT2D eigenvalue weighted by Crippen LogP contribution is 2.46. The molecule has 0 bridgehead atoms. The van der Waals surface area contributed by atoms with Crippen LogP contribution in [0.5, 0.6) is 0 Å². The van der Waals surface area contributed by atoms with E-state index in [9.17, 15) is 0 Å². The normalized spacial score (nSPS) is 12.1. The van der Waals surface area contributed by atoms with E-state index in [0.717, 1.165) is 105 Å². The molecule has 0 atom stereocenters. The van der Waals surface area contributed by atoms with E-state index in [1.165, 1.54) is 20.2 Å². The van der Waals surface area contributed by atoms with Gasteiger partial charge in [0.1, 0.15) is 33.5 Å². The van der Waals surface area contributed by atoms with Crippen molar-refractivity contribution >= 4 is 114 Å². The van der Waals surface area contributed by atoms with Crippen molar-refractivity contribution < 1.29 is 13.3 Å². The second-order valence-electron chi connectivity index (χ2n) is 15.2. The molecule has 9 aromatic carbocycles. The van der Waals surface area contributed by atoms with Crippen molar-refractivity contribution in [3.8, 4) is 22.3 Å². The Balaban J connectivity index is 0.943. The van der Waals surface area contributed by atoms with Gasteiger partial charge in [0.05, 0.1) is 11.1 Å². The zero-order valence-electron chi connectivity index (χ0n) is 31.5. The molecule has 4 nitrogen and oxygen atoms in total. The number of fused-ring (bicyclic) bond motifs is 13. The molecule has 0 aliphatic heterocycles. The first-order valence-corrected chi connectivity index (χ1v) is 20.6. The van der Waals surface area contributed by atoms with Gasteiger partial charge in [0.15, 0.2) is 0 Å². The number of rotatable bonds is 5. The highest BCUT2D eigenvalue weighted by molar-refractivity contribution is 7.26. The van der Waals surface area contributed by atoms with Gasteiger partial charge < -0.3 is 18.2 Å². The molecular formula is C54H31NO3S. The minimum atomic E-state index is 0.852. The number of hydrogen-bond acceptors (Lipinski definition) is 5. The van der Waals surface area contributed by atoms with Crippen LogP contribution in [-0.4, -0.2) is 0 Å². The number of anilines is 3. The third kappa shape index (κ3) is 4.89. The number of hydrogen-bond donors (Lipinski definition) is 0. The summed E-state index contributed by atoms with van der Waals surface area (Å²) in [5.74, 6) is 0. The third-order valence-electron chi connectivity index (χ3n) is 11.9. The number of thiophene rings is 1. The zero-order chi connectivity index (χ0) is 38.6. The van der Waals surface area contributed by atoms with Crippen molar-refractivity contribution in [3.05, 3.63) is 188 Å². The summed E-state index contributed by atoms with van der Waals surface area (Å²) in [5.41, 5.74) is 12.9. The molecule has 0 aliphatic carbocycles. The van der Waals surface area contributed by atoms with E-state index in [4.69, 9.17) is 13.3 Å². The Morgan fingerprint density at radius 3 is 1.76 bits per heavy atom. The van der Waals surface area contributed by atoms with Gasteiger partial charge in [-0.15, -0.1) is 11.3 Å². The summed E-state index contributed by atoms with van der Waals surface area (Å²) in [4.78, 5) is 2.33. The molecule has 13 rings (SSSR count). The summed E-state index contributed by atoms with van der Waals surface area (Å²) in [5, 5.41) is 9.11. The maximum absolute atomic E-state index is 6.88. The number of para-hydroxylation sites is 3. The second kappa shape index (κ2) is 12.4. The molecule has 13 aromatic rings. The SMILES string of the molecule is c1ccc2c(c1)oc1cc(-c3ccc(N(c4ccc(-c5cccc6c5oc5c6ccc6sc7ccccc7c65)cc4)c4cccc5oc6ccccc6c45)cc3)ccc12. The van der Waals surface area contributed by atoms with Crippen LogP contribution in [0.1, 0.15) is 0 Å². The maximum Gasteiger partial charge on any atom is 0.144 e. The molecule has 0 fully saturated rings. The number of furan rings is 3. The van der Waals surface area contributed by atoms with Gasteiger partial charge in [-0.05, 0) is 95.6 Å². The monoisotopic (exact) mass is 773 g/mol. The van der Waals surface area contributed by atoms with Crippen molar-refractivity contribution in [2.24, 2.45) is 0 Å². The minimum absolute atomic E-state index is 0.852. The average molecular weight is 774 g/mol. The fourth-order valence-corrected chi connectivity index (χ4v) is 10.3. The van der Waals surface area contributed by atoms with Crippen molar-refractivity contribution in [1.29, 1.82) is 0 Å². The average Bonchev–Trinajstić information content (AvgIpc) is 4.06. The van der Waals surface area contributed by atoms with Gasteiger partial charge in [0.25, 0.3) is 0 Å². The van der Waals surface area contributed by atoms with Crippen molar-refractivity contribution in [3.63, 3.8) is 0 Å². The van der Waals surface area contributed by atoms with Crippen LogP contribution >= 0.6 is 11.3 Å². The van der Waals surface area contributed by atoms with Gasteiger partial charge in [-0.3, -0.25) is 0 Å². The summed E-state index contributed by atoms with van der Waals surface area (Å²) in [6.45, 7) is 0. The van der Waals surface area contributed by atoms with E-state index in [0.29, 0.717) is 0 Å². The van der Waals surface area contributed by atoms with E-state index < -0.39 is 0 Å². The topological polar surface area (TPSA) is 42.7 Å². The Hall–Kier alpha value is -7.60. The highest BCUT2D eigenvalue weighted by atomic mass is 32.1. The predicted molar refractivity (Wildman–Crippen MR) is 247 cm³/mol. The molecule has 0 saturated heterocycles. The fraction of sp³-hybridized carbons (Fsp3) is 0. The van der Waals surface area contributed by atoms with Crippen molar-refractivity contribution in [2.75, 3.05) is 4.90 Å². The van der Waals surface area contributed by atoms with Gasteiger partial charge in [0.2, 0.25) is 0 Å². The number of nitrogens with zero attached hydrogens (tertiary/aromatic N) is 1. The standard InChI is InChI=1S/C54H31NO3S/c1-4-15-45-38(9-1)39-28-23-34(31-48(39)57-45)32-19-24-35(25-20-32)55(44-14-8-17-47-51(44)42-10-2-5-16-46(42)56-47)36-26-21-33(22-27-36)37-12-7-13-40-41-29-30-50-52(54(41)58-53(37)40)43-11-3-6-18-49(43)59-50/h1-31H. The predicted octanol–water partition coefficient (Wildman–Crippen LogP) is 16.6. The lowest BCUT2D eigenvalue weighted by molar-refractivity contribution is 0.668. The van der Waals surface area contributed by atoms with Crippen LogP contribution in [0.25, 0.3) is 108 Å². The van der Waals surface area contributed by atoms with Gasteiger partial charge in [-0.1, -0.05) is 109 Å². The van der Waals surface area contributed by atoms with E-state index in [2.05, 4.69) is 169 Å². The van der Waals surface area contributed by atoms with Gasteiger partial charge in [-0.25, -0.2) is 0 Å². The van der Waals surface area contributed by atoms with E-state index in [1.807, 2.05) is 35.6 Å². The van der Waals surface area contributed by atoms with E-state index in [1.54, 1.807) is 0 Å². The molecule has 0 spiro atoms. The Bertz CT molecular complexity index is 3790. The summed E-state index contributed by atoms with van der Waals surface area (Å²) < 4.78 is 22.0. The molecule has 4 heterocycles. The molecule has 0 aliphatic rings. The lowest BCUT2D eigenvalue weighted by Crippen LogP contribution is -2.10. The second-order valence-corrected chi connectivity index (χ2v) is 16.3. The minimum Gasteiger partial charge on any atom is -0.456 e. The lowest BCUT2D eigenvalue weighted by atomic mass is 10.0. The van der Waals surface area contributed by atoms with Crippen LogP contribution in [0.15, 0.2) is 201 Å². The Morgan fingerprint density at radius 2 is 0.932 bits per heavy atom. The van der Waals surface area contributed by atoms with Crippen LogP contribution in [0.3, 0.4) is 0 Å². The quantitative estimate of drug-likeness (QED) is 0.175. The van der Waals surface area contributed by atoms with Gasteiger partial charge >= 0.3 is 0 Å². The Kier molecular flexibility index (Phi) is 6.85. The Labute approximate surface area is 341 Å². The van der Waals surface area contributed by atoms with Crippen LogP contribution in [0.4, 0.5) is 17.1 Å². The van der Waals surface area contributed by atoms with Crippen molar-refractivity contribution in [2.45, 2.75) is 0 Å². The zero-order valence-corrected chi connectivity index (χ0v) is 32.3. The largest absolute Gasteiger partial charge is 0.456 e. The molecule has 0 unspecified atom stereocenters. The molecule has 0 radical (unpaired) electrons. The van der Waals surface area contributed by atoms with Crippen LogP contribution in [0, 0.1) is 0 Å². The number of benzene rings is 9. The van der Waals surface area contributed by atoms with Crippen LogP contribution in [-0.2, 0) is 0 Å². The van der Waals surface area contributed by atoms with E-state index >= 15 is 0 Å². The smallest absolute Gasteiger partial charge is 0.144 e. The van der Waals surface area contributed by atoms with Gasteiger partial charge in [0, 0.05) is 64.0 Å². The Morgan fingerprint density at radius 1 is 0.339 bits per heavy atom. The molecule has 0 amide bonds. The molecule has 5 heteroatoms. The summed E-state index contributed by atoms with van der Waals surface area (Å²) in [6, 6.07) is 66.5. The molecule has 0 saturated carbocycles. The first-order chi connectivity index (χ1) is 29.2. The maximum atomic E-state index is 6.88. The molecule has 276 valence electrons. The van der Waals surface area contributed by atoms with Crippen LogP contribution < -0.4 is 4.90 Å². The van der Waals surface area contributed by atoms with Gasteiger partial charge in [-0.2, -0.15) is 0 Å². The summed E-state index contributed by atoms with van der Waals surface area (Å²) >= 11 is 1.82. The lowest BCUT2D eigenvalue weighted by Gasteiger charge is -2.26. The summed E-state index contributed by atoms with van der Waals surface area (Å²) in [6.07, 6.45) is 0. The molecule has 59 heavy (non-hydrogen) atoms. The van der Waals surface area contributed by atoms with E-state index in [-0.39, 0.29) is 0 Å².